The Kier molecular flexibility index (Phi) is 8.89. The first kappa shape index (κ1) is 13.6. The molecule has 0 fully saturated rings. The number of aliphatic imine (C=N–C) groups is 1. The summed E-state index contributed by atoms with van der Waals surface area (Å²) in [6.45, 7) is 10.6. The standard InChI is InChI=1S/C11H25N3/c1-5-6-13-10-14(4)8-7-12-9-11(2)3/h6,11-12H,5,7-10H2,1-4H3/b13-6-. The van der Waals surface area contributed by atoms with Gasteiger partial charge in [-0.2, -0.15) is 0 Å². The molecule has 0 aromatic rings. The summed E-state index contributed by atoms with van der Waals surface area (Å²) >= 11 is 0. The lowest BCUT2D eigenvalue weighted by atomic mass is 10.2. The summed E-state index contributed by atoms with van der Waals surface area (Å²) in [5.74, 6) is 0.735. The number of hydrogen-bond donors (Lipinski definition) is 1. The maximum absolute atomic E-state index is 4.28. The van der Waals surface area contributed by atoms with Crippen LogP contribution in [0.15, 0.2) is 4.99 Å². The Morgan fingerprint density at radius 3 is 2.71 bits per heavy atom. The third kappa shape index (κ3) is 9.68. The molecule has 0 aliphatic rings. The molecular formula is C11H25N3. The molecule has 0 heterocycles. The van der Waals surface area contributed by atoms with Gasteiger partial charge in [0.15, 0.2) is 0 Å². The number of likely N-dealkylation sites (N-methyl/N-ethyl adjacent to an activating group) is 1. The van der Waals surface area contributed by atoms with Crippen LogP contribution in [0.25, 0.3) is 0 Å². The molecule has 0 aromatic carbocycles. The minimum absolute atomic E-state index is 0.735. The van der Waals surface area contributed by atoms with Gasteiger partial charge in [-0.1, -0.05) is 20.8 Å². The van der Waals surface area contributed by atoms with Gasteiger partial charge in [0.05, 0.1) is 6.67 Å². The van der Waals surface area contributed by atoms with Gasteiger partial charge in [-0.25, -0.2) is 0 Å². The van der Waals surface area contributed by atoms with Crippen LogP contribution >= 0.6 is 0 Å². The molecule has 0 saturated heterocycles. The van der Waals surface area contributed by atoms with Crippen LogP contribution in [0.1, 0.15) is 27.2 Å². The fourth-order valence-electron chi connectivity index (χ4n) is 1.06. The van der Waals surface area contributed by atoms with Gasteiger partial charge in [0, 0.05) is 19.3 Å². The molecule has 0 aliphatic heterocycles. The zero-order valence-electron chi connectivity index (χ0n) is 10.1. The molecule has 0 aromatic heterocycles. The predicted molar refractivity (Wildman–Crippen MR) is 64.0 cm³/mol. The van der Waals surface area contributed by atoms with Crippen LogP contribution in [0.2, 0.25) is 0 Å². The summed E-state index contributed by atoms with van der Waals surface area (Å²) in [5, 5.41) is 3.41. The minimum Gasteiger partial charge on any atom is -0.315 e. The second-order valence-corrected chi connectivity index (χ2v) is 4.09. The summed E-state index contributed by atoms with van der Waals surface area (Å²) in [5.41, 5.74) is 0. The van der Waals surface area contributed by atoms with Crippen LogP contribution in [0.5, 0.6) is 0 Å². The van der Waals surface area contributed by atoms with E-state index in [1.165, 1.54) is 0 Å². The van der Waals surface area contributed by atoms with E-state index >= 15 is 0 Å². The highest BCUT2D eigenvalue weighted by Crippen LogP contribution is 1.87. The van der Waals surface area contributed by atoms with Crippen molar-refractivity contribution in [3.63, 3.8) is 0 Å². The Morgan fingerprint density at radius 1 is 1.43 bits per heavy atom. The number of nitrogens with one attached hydrogen (secondary N) is 1. The molecule has 0 unspecified atom stereocenters. The third-order valence-electron chi connectivity index (χ3n) is 1.86. The van der Waals surface area contributed by atoms with E-state index in [9.17, 15) is 0 Å². The molecule has 0 amide bonds. The molecule has 1 N–H and O–H groups in total. The second-order valence-electron chi connectivity index (χ2n) is 4.09. The Bertz CT molecular complexity index is 143. The molecular weight excluding hydrogens is 174 g/mol. The van der Waals surface area contributed by atoms with E-state index in [-0.39, 0.29) is 0 Å². The first-order valence-corrected chi connectivity index (χ1v) is 5.54. The molecule has 84 valence electrons. The highest BCUT2D eigenvalue weighted by molar-refractivity contribution is 5.56. The van der Waals surface area contributed by atoms with Crippen molar-refractivity contribution in [3.05, 3.63) is 0 Å². The van der Waals surface area contributed by atoms with E-state index in [0.29, 0.717) is 0 Å². The summed E-state index contributed by atoms with van der Waals surface area (Å²) in [7, 11) is 2.10. The average Bonchev–Trinajstić information content (AvgIpc) is 2.13. The largest absolute Gasteiger partial charge is 0.315 e. The molecule has 0 rings (SSSR count). The monoisotopic (exact) mass is 199 g/mol. The Hall–Kier alpha value is -0.410. The van der Waals surface area contributed by atoms with E-state index in [1.54, 1.807) is 0 Å². The van der Waals surface area contributed by atoms with Crippen LogP contribution in [0, 0.1) is 5.92 Å². The Balaban J connectivity index is 3.26. The second kappa shape index (κ2) is 9.16. The summed E-state index contributed by atoms with van der Waals surface area (Å²) in [4.78, 5) is 6.50. The number of nitrogens with zero attached hydrogens (tertiary/aromatic N) is 2. The molecule has 14 heavy (non-hydrogen) atoms. The van der Waals surface area contributed by atoms with E-state index in [0.717, 1.165) is 38.6 Å². The first-order valence-electron chi connectivity index (χ1n) is 5.54. The molecule has 0 saturated carbocycles. The lowest BCUT2D eigenvalue weighted by Crippen LogP contribution is -2.31. The van der Waals surface area contributed by atoms with Crippen LogP contribution in [0.3, 0.4) is 0 Å². The van der Waals surface area contributed by atoms with Crippen molar-refractivity contribution in [1.82, 2.24) is 10.2 Å². The topological polar surface area (TPSA) is 27.6 Å². The van der Waals surface area contributed by atoms with Crippen molar-refractivity contribution >= 4 is 6.21 Å². The fraction of sp³-hybridized carbons (Fsp3) is 0.909. The van der Waals surface area contributed by atoms with Gasteiger partial charge in [-0.15, -0.1) is 0 Å². The SMILES string of the molecule is CC/C=N\CN(C)CCNCC(C)C. The van der Waals surface area contributed by atoms with Crippen molar-refractivity contribution in [2.24, 2.45) is 10.9 Å². The minimum atomic E-state index is 0.735. The fourth-order valence-corrected chi connectivity index (χ4v) is 1.06. The van der Waals surface area contributed by atoms with Gasteiger partial charge < -0.3 is 5.32 Å². The van der Waals surface area contributed by atoms with Gasteiger partial charge in [0.2, 0.25) is 0 Å². The highest BCUT2D eigenvalue weighted by atomic mass is 15.2. The van der Waals surface area contributed by atoms with Crippen molar-refractivity contribution in [2.45, 2.75) is 27.2 Å². The van der Waals surface area contributed by atoms with Crippen molar-refractivity contribution in [2.75, 3.05) is 33.4 Å². The van der Waals surface area contributed by atoms with E-state index < -0.39 is 0 Å². The average molecular weight is 199 g/mol. The van der Waals surface area contributed by atoms with Crippen LogP contribution in [0.4, 0.5) is 0 Å². The van der Waals surface area contributed by atoms with Crippen LogP contribution in [-0.4, -0.2) is 44.5 Å². The lowest BCUT2D eigenvalue weighted by molar-refractivity contribution is 0.339. The van der Waals surface area contributed by atoms with E-state index in [4.69, 9.17) is 0 Å². The zero-order chi connectivity index (χ0) is 10.8. The zero-order valence-corrected chi connectivity index (χ0v) is 10.1. The Labute approximate surface area is 88.6 Å². The highest BCUT2D eigenvalue weighted by Gasteiger charge is 1.96. The van der Waals surface area contributed by atoms with Crippen molar-refractivity contribution in [1.29, 1.82) is 0 Å². The Morgan fingerprint density at radius 2 is 2.14 bits per heavy atom. The number of rotatable bonds is 8. The van der Waals surface area contributed by atoms with Gasteiger partial charge in [-0.05, 0) is 25.9 Å². The van der Waals surface area contributed by atoms with Gasteiger partial charge in [0.1, 0.15) is 0 Å². The quantitative estimate of drug-likeness (QED) is 0.475. The first-order chi connectivity index (χ1) is 6.66. The predicted octanol–water partition coefficient (Wildman–Crippen LogP) is 1.60. The van der Waals surface area contributed by atoms with Crippen molar-refractivity contribution < 1.29 is 0 Å². The summed E-state index contributed by atoms with van der Waals surface area (Å²) in [6, 6.07) is 0. The molecule has 3 nitrogen and oxygen atoms in total. The van der Waals surface area contributed by atoms with Crippen molar-refractivity contribution in [3.8, 4) is 0 Å². The third-order valence-corrected chi connectivity index (χ3v) is 1.86. The van der Waals surface area contributed by atoms with E-state index in [2.05, 4.69) is 43.0 Å². The molecule has 3 heteroatoms. The summed E-state index contributed by atoms with van der Waals surface area (Å²) < 4.78 is 0. The van der Waals surface area contributed by atoms with Gasteiger partial charge in [-0.3, -0.25) is 9.89 Å². The molecule has 0 radical (unpaired) electrons. The van der Waals surface area contributed by atoms with Crippen LogP contribution in [-0.2, 0) is 0 Å². The lowest BCUT2D eigenvalue weighted by Gasteiger charge is -2.14. The number of hydrogen-bond acceptors (Lipinski definition) is 3. The molecule has 0 atom stereocenters. The maximum Gasteiger partial charge on any atom is 0.0903 e. The van der Waals surface area contributed by atoms with Gasteiger partial charge >= 0.3 is 0 Å². The molecule has 0 aliphatic carbocycles. The van der Waals surface area contributed by atoms with E-state index in [1.807, 2.05) is 6.21 Å². The van der Waals surface area contributed by atoms with Gasteiger partial charge in [0.25, 0.3) is 0 Å². The molecule has 0 bridgehead atoms. The summed E-state index contributed by atoms with van der Waals surface area (Å²) in [6.07, 6.45) is 3.00. The molecule has 0 spiro atoms. The normalized spacial score (nSPS) is 12.1. The maximum atomic E-state index is 4.28. The van der Waals surface area contributed by atoms with Crippen LogP contribution < -0.4 is 5.32 Å². The smallest absolute Gasteiger partial charge is 0.0903 e.